The second-order valence-corrected chi connectivity index (χ2v) is 5.83. The molecule has 16 heavy (non-hydrogen) atoms. The van der Waals surface area contributed by atoms with Gasteiger partial charge >= 0.3 is 0 Å². The minimum Gasteiger partial charge on any atom is -0.327 e. The van der Waals surface area contributed by atoms with Gasteiger partial charge in [-0.15, -0.1) is 11.3 Å². The molecule has 2 N–H and O–H groups in total. The molecule has 4 heteroatoms. The fraction of sp³-hybridized carbons (Fsp3) is 0.667. The first-order valence-corrected chi connectivity index (χ1v) is 7.54. The highest BCUT2D eigenvalue weighted by molar-refractivity contribution is 9.10. The van der Waals surface area contributed by atoms with Gasteiger partial charge in [0.1, 0.15) is 0 Å². The first kappa shape index (κ1) is 14.2. The summed E-state index contributed by atoms with van der Waals surface area (Å²) in [5.74, 6) is 0. The average molecular weight is 305 g/mol. The van der Waals surface area contributed by atoms with Gasteiger partial charge in [0.25, 0.3) is 0 Å². The number of hydrogen-bond donors (Lipinski definition) is 1. The van der Waals surface area contributed by atoms with Gasteiger partial charge in [-0.1, -0.05) is 13.8 Å². The van der Waals surface area contributed by atoms with E-state index in [9.17, 15) is 0 Å². The Bertz CT molecular complexity index is 297. The molecule has 0 radical (unpaired) electrons. The van der Waals surface area contributed by atoms with E-state index in [0.29, 0.717) is 0 Å². The standard InChI is InChI=1S/C12H21BrN2S/c1-3-15(4-2)7-5-10(14)9-12-11(13)6-8-16-12/h6,8,10H,3-5,7,9,14H2,1-2H3. The van der Waals surface area contributed by atoms with Crippen molar-refractivity contribution in [1.82, 2.24) is 4.90 Å². The second-order valence-electron chi connectivity index (χ2n) is 3.97. The van der Waals surface area contributed by atoms with Crippen LogP contribution in [-0.4, -0.2) is 30.6 Å². The van der Waals surface area contributed by atoms with Crippen molar-refractivity contribution in [2.24, 2.45) is 5.73 Å². The SMILES string of the molecule is CCN(CC)CCC(N)Cc1sccc1Br. The molecule has 0 saturated carbocycles. The second kappa shape index (κ2) is 7.43. The molecule has 1 aromatic heterocycles. The summed E-state index contributed by atoms with van der Waals surface area (Å²) in [6.07, 6.45) is 2.06. The van der Waals surface area contributed by atoms with Crippen LogP contribution in [-0.2, 0) is 6.42 Å². The monoisotopic (exact) mass is 304 g/mol. The smallest absolute Gasteiger partial charge is 0.0314 e. The first-order valence-electron chi connectivity index (χ1n) is 5.87. The van der Waals surface area contributed by atoms with Crippen LogP contribution < -0.4 is 5.73 Å². The summed E-state index contributed by atoms with van der Waals surface area (Å²) < 4.78 is 1.20. The summed E-state index contributed by atoms with van der Waals surface area (Å²) >= 11 is 5.33. The third kappa shape index (κ3) is 4.53. The lowest BCUT2D eigenvalue weighted by Crippen LogP contribution is -2.31. The van der Waals surface area contributed by atoms with Crippen molar-refractivity contribution in [1.29, 1.82) is 0 Å². The van der Waals surface area contributed by atoms with Crippen LogP contribution in [0.15, 0.2) is 15.9 Å². The van der Waals surface area contributed by atoms with Gasteiger partial charge in [-0.05, 0) is 59.9 Å². The fourth-order valence-corrected chi connectivity index (χ4v) is 3.31. The molecule has 0 aliphatic rings. The molecular formula is C12H21BrN2S. The van der Waals surface area contributed by atoms with Gasteiger partial charge in [0, 0.05) is 15.4 Å². The highest BCUT2D eigenvalue weighted by atomic mass is 79.9. The van der Waals surface area contributed by atoms with Gasteiger partial charge < -0.3 is 10.6 Å². The summed E-state index contributed by atoms with van der Waals surface area (Å²) in [5, 5.41) is 2.11. The lowest BCUT2D eigenvalue weighted by molar-refractivity contribution is 0.290. The molecule has 1 unspecified atom stereocenters. The maximum atomic E-state index is 6.15. The predicted octanol–water partition coefficient (Wildman–Crippen LogP) is 3.11. The number of halogens is 1. The van der Waals surface area contributed by atoms with E-state index < -0.39 is 0 Å². The molecule has 2 nitrogen and oxygen atoms in total. The van der Waals surface area contributed by atoms with Crippen molar-refractivity contribution >= 4 is 27.3 Å². The summed E-state index contributed by atoms with van der Waals surface area (Å²) in [6.45, 7) is 7.74. The van der Waals surface area contributed by atoms with Crippen molar-refractivity contribution < 1.29 is 0 Å². The number of nitrogens with zero attached hydrogens (tertiary/aromatic N) is 1. The fourth-order valence-electron chi connectivity index (χ4n) is 1.70. The Balaban J connectivity index is 2.31. The highest BCUT2D eigenvalue weighted by Gasteiger charge is 2.09. The Labute approximate surface area is 111 Å². The summed E-state index contributed by atoms with van der Waals surface area (Å²) in [6, 6.07) is 2.37. The molecule has 92 valence electrons. The van der Waals surface area contributed by atoms with Crippen molar-refractivity contribution in [2.45, 2.75) is 32.7 Å². The van der Waals surface area contributed by atoms with E-state index >= 15 is 0 Å². The third-order valence-electron chi connectivity index (χ3n) is 2.85. The van der Waals surface area contributed by atoms with E-state index in [1.807, 2.05) is 0 Å². The molecule has 1 aromatic rings. The van der Waals surface area contributed by atoms with E-state index in [1.165, 1.54) is 9.35 Å². The van der Waals surface area contributed by atoms with Gasteiger partial charge in [-0.3, -0.25) is 0 Å². The zero-order valence-electron chi connectivity index (χ0n) is 10.1. The van der Waals surface area contributed by atoms with Crippen molar-refractivity contribution in [3.05, 3.63) is 20.8 Å². The lowest BCUT2D eigenvalue weighted by Gasteiger charge is -2.20. The summed E-state index contributed by atoms with van der Waals surface area (Å²) in [7, 11) is 0. The van der Waals surface area contributed by atoms with Crippen LogP contribution in [0, 0.1) is 0 Å². The van der Waals surface area contributed by atoms with Crippen molar-refractivity contribution in [3.8, 4) is 0 Å². The maximum Gasteiger partial charge on any atom is 0.0314 e. The van der Waals surface area contributed by atoms with E-state index in [-0.39, 0.29) is 6.04 Å². The Morgan fingerprint density at radius 2 is 2.12 bits per heavy atom. The van der Waals surface area contributed by atoms with Crippen LogP contribution in [0.2, 0.25) is 0 Å². The lowest BCUT2D eigenvalue weighted by atomic mass is 10.1. The van der Waals surface area contributed by atoms with E-state index in [0.717, 1.165) is 32.5 Å². The van der Waals surface area contributed by atoms with Crippen LogP contribution in [0.3, 0.4) is 0 Å². The van der Waals surface area contributed by atoms with Crippen LogP contribution in [0.25, 0.3) is 0 Å². The summed E-state index contributed by atoms with van der Waals surface area (Å²) in [5.41, 5.74) is 6.15. The van der Waals surface area contributed by atoms with Crippen LogP contribution >= 0.6 is 27.3 Å². The molecule has 0 fully saturated rings. The molecule has 1 heterocycles. The number of rotatable bonds is 7. The zero-order valence-corrected chi connectivity index (χ0v) is 12.5. The average Bonchev–Trinajstić information content (AvgIpc) is 2.66. The van der Waals surface area contributed by atoms with Gasteiger partial charge in [0.05, 0.1) is 0 Å². The predicted molar refractivity (Wildman–Crippen MR) is 76.1 cm³/mol. The Hall–Kier alpha value is 0.100. The minimum absolute atomic E-state index is 0.274. The third-order valence-corrected chi connectivity index (χ3v) is 4.80. The number of nitrogens with two attached hydrogens (primary N) is 1. The van der Waals surface area contributed by atoms with E-state index in [1.54, 1.807) is 11.3 Å². The zero-order chi connectivity index (χ0) is 12.0. The van der Waals surface area contributed by atoms with Gasteiger partial charge in [0.2, 0.25) is 0 Å². The number of thiophene rings is 1. The molecule has 1 atom stereocenters. The first-order chi connectivity index (χ1) is 7.67. The van der Waals surface area contributed by atoms with Gasteiger partial charge in [0.15, 0.2) is 0 Å². The molecular weight excluding hydrogens is 284 g/mol. The largest absolute Gasteiger partial charge is 0.327 e. The van der Waals surface area contributed by atoms with Crippen LogP contribution in [0.4, 0.5) is 0 Å². The Kier molecular flexibility index (Phi) is 6.58. The molecule has 0 spiro atoms. The van der Waals surface area contributed by atoms with Gasteiger partial charge in [-0.25, -0.2) is 0 Å². The molecule has 1 rings (SSSR count). The molecule has 0 saturated heterocycles. The minimum atomic E-state index is 0.274. The molecule has 0 aliphatic carbocycles. The topological polar surface area (TPSA) is 29.3 Å². The maximum absolute atomic E-state index is 6.15. The normalized spacial score (nSPS) is 13.3. The van der Waals surface area contributed by atoms with Crippen molar-refractivity contribution in [3.63, 3.8) is 0 Å². The highest BCUT2D eigenvalue weighted by Crippen LogP contribution is 2.24. The Morgan fingerprint density at radius 1 is 1.44 bits per heavy atom. The number of hydrogen-bond acceptors (Lipinski definition) is 3. The van der Waals surface area contributed by atoms with E-state index in [2.05, 4.69) is 46.1 Å². The molecule has 0 amide bonds. The molecule has 0 aromatic carbocycles. The van der Waals surface area contributed by atoms with Crippen LogP contribution in [0.5, 0.6) is 0 Å². The van der Waals surface area contributed by atoms with E-state index in [4.69, 9.17) is 5.73 Å². The summed E-state index contributed by atoms with van der Waals surface area (Å²) in [4.78, 5) is 3.79. The van der Waals surface area contributed by atoms with Gasteiger partial charge in [-0.2, -0.15) is 0 Å². The molecule has 0 bridgehead atoms. The van der Waals surface area contributed by atoms with Crippen molar-refractivity contribution in [2.75, 3.05) is 19.6 Å². The van der Waals surface area contributed by atoms with Crippen LogP contribution in [0.1, 0.15) is 25.1 Å². The quantitative estimate of drug-likeness (QED) is 0.838. The Morgan fingerprint density at radius 3 is 2.62 bits per heavy atom. The molecule has 0 aliphatic heterocycles.